The Labute approximate surface area is 110 Å². The summed E-state index contributed by atoms with van der Waals surface area (Å²) in [5.41, 5.74) is -0.729. The fourth-order valence-corrected chi connectivity index (χ4v) is 2.26. The average molecular weight is 255 g/mol. The van der Waals surface area contributed by atoms with Crippen LogP contribution in [0.5, 0.6) is 0 Å². The first-order chi connectivity index (χ1) is 8.20. The Morgan fingerprint density at radius 1 is 1.28 bits per heavy atom. The maximum atomic E-state index is 11.9. The van der Waals surface area contributed by atoms with Gasteiger partial charge in [-0.2, -0.15) is 0 Å². The van der Waals surface area contributed by atoms with E-state index in [1.54, 1.807) is 4.90 Å². The number of aldehydes is 1. The molecule has 4 heteroatoms. The zero-order valence-corrected chi connectivity index (χ0v) is 12.2. The monoisotopic (exact) mass is 255 g/mol. The van der Waals surface area contributed by atoms with Crippen molar-refractivity contribution in [1.82, 2.24) is 4.90 Å². The van der Waals surface area contributed by atoms with Crippen molar-refractivity contribution in [3.8, 4) is 0 Å². The number of likely N-dealkylation sites (tertiary alicyclic amines) is 1. The van der Waals surface area contributed by atoms with Crippen LogP contribution < -0.4 is 0 Å². The molecule has 1 aliphatic heterocycles. The lowest BCUT2D eigenvalue weighted by atomic mass is 9.71. The fraction of sp³-hybridized carbons (Fsp3) is 0.857. The molecule has 1 amide bonds. The Morgan fingerprint density at radius 2 is 1.78 bits per heavy atom. The summed E-state index contributed by atoms with van der Waals surface area (Å²) in [6, 6.07) is 0. The number of hydrogen-bond donors (Lipinski definition) is 0. The van der Waals surface area contributed by atoms with Crippen molar-refractivity contribution in [2.45, 2.75) is 53.1 Å². The minimum Gasteiger partial charge on any atom is -0.444 e. The molecule has 0 saturated carbocycles. The van der Waals surface area contributed by atoms with Gasteiger partial charge in [0.25, 0.3) is 0 Å². The van der Waals surface area contributed by atoms with Crippen LogP contribution in [0.3, 0.4) is 0 Å². The van der Waals surface area contributed by atoms with Gasteiger partial charge in [0, 0.05) is 18.5 Å². The highest BCUT2D eigenvalue weighted by Crippen LogP contribution is 2.36. The van der Waals surface area contributed by atoms with Crippen molar-refractivity contribution in [2.75, 3.05) is 13.1 Å². The van der Waals surface area contributed by atoms with E-state index in [9.17, 15) is 9.59 Å². The summed E-state index contributed by atoms with van der Waals surface area (Å²) in [5, 5.41) is 0. The van der Waals surface area contributed by atoms with Crippen LogP contribution in [0.2, 0.25) is 0 Å². The Kier molecular flexibility index (Phi) is 4.41. The van der Waals surface area contributed by atoms with Gasteiger partial charge in [0.2, 0.25) is 0 Å². The summed E-state index contributed by atoms with van der Waals surface area (Å²) in [5.74, 6) is 0.316. The molecule has 0 N–H and O–H groups in total. The van der Waals surface area contributed by atoms with Gasteiger partial charge in [-0.15, -0.1) is 0 Å². The molecule has 0 bridgehead atoms. The molecule has 0 radical (unpaired) electrons. The maximum absolute atomic E-state index is 11.9. The Morgan fingerprint density at radius 3 is 2.11 bits per heavy atom. The van der Waals surface area contributed by atoms with E-state index in [1.807, 2.05) is 20.8 Å². The standard InChI is InChI=1S/C14H25NO3/c1-11(2)14(10-16)6-8-15(9-7-14)12(17)18-13(3,4)5/h10-11H,6-9H2,1-5H3. The molecule has 0 aromatic carbocycles. The normalized spacial score (nSPS) is 19.8. The molecule has 1 fully saturated rings. The number of hydrogen-bond acceptors (Lipinski definition) is 3. The van der Waals surface area contributed by atoms with E-state index in [0.29, 0.717) is 19.0 Å². The van der Waals surface area contributed by atoms with Crippen LogP contribution in [-0.4, -0.2) is 36.0 Å². The van der Waals surface area contributed by atoms with E-state index >= 15 is 0 Å². The highest BCUT2D eigenvalue weighted by molar-refractivity contribution is 5.69. The minimum absolute atomic E-state index is 0.265. The second-order valence-corrected chi connectivity index (χ2v) is 6.47. The summed E-state index contributed by atoms with van der Waals surface area (Å²) in [4.78, 5) is 24.9. The number of nitrogens with zero attached hydrogens (tertiary/aromatic N) is 1. The predicted octanol–water partition coefficient (Wildman–Crippen LogP) is 2.86. The number of carbonyl (C=O) groups is 2. The number of carbonyl (C=O) groups excluding carboxylic acids is 2. The van der Waals surface area contributed by atoms with Gasteiger partial charge in [-0.3, -0.25) is 0 Å². The number of ether oxygens (including phenoxy) is 1. The first-order valence-corrected chi connectivity index (χ1v) is 6.64. The molecule has 4 nitrogen and oxygen atoms in total. The van der Waals surface area contributed by atoms with Crippen LogP contribution in [0.15, 0.2) is 0 Å². The quantitative estimate of drug-likeness (QED) is 0.713. The molecule has 104 valence electrons. The predicted molar refractivity (Wildman–Crippen MR) is 70.4 cm³/mol. The molecule has 0 aliphatic carbocycles. The van der Waals surface area contributed by atoms with Crippen LogP contribution in [0.25, 0.3) is 0 Å². The number of piperidine rings is 1. The highest BCUT2D eigenvalue weighted by Gasteiger charge is 2.39. The van der Waals surface area contributed by atoms with Crippen LogP contribution >= 0.6 is 0 Å². The van der Waals surface area contributed by atoms with E-state index < -0.39 is 5.60 Å². The van der Waals surface area contributed by atoms with Crippen LogP contribution in [-0.2, 0) is 9.53 Å². The van der Waals surface area contributed by atoms with Crippen LogP contribution in [0, 0.1) is 11.3 Å². The minimum atomic E-state index is -0.464. The molecule has 18 heavy (non-hydrogen) atoms. The summed E-state index contributed by atoms with van der Waals surface area (Å²) < 4.78 is 5.34. The summed E-state index contributed by atoms with van der Waals surface area (Å²) in [6.45, 7) is 10.9. The van der Waals surface area contributed by atoms with Gasteiger partial charge in [0.15, 0.2) is 0 Å². The molecule has 0 atom stereocenters. The van der Waals surface area contributed by atoms with Crippen molar-refractivity contribution in [2.24, 2.45) is 11.3 Å². The molecular formula is C14H25NO3. The van der Waals surface area contributed by atoms with Crippen molar-refractivity contribution >= 4 is 12.4 Å². The van der Waals surface area contributed by atoms with E-state index in [2.05, 4.69) is 13.8 Å². The van der Waals surface area contributed by atoms with Gasteiger partial charge >= 0.3 is 6.09 Å². The second kappa shape index (κ2) is 5.29. The number of rotatable bonds is 2. The molecule has 1 aliphatic rings. The van der Waals surface area contributed by atoms with Gasteiger partial charge in [-0.1, -0.05) is 13.8 Å². The van der Waals surface area contributed by atoms with E-state index in [-0.39, 0.29) is 11.5 Å². The molecule has 1 rings (SSSR count). The van der Waals surface area contributed by atoms with Gasteiger partial charge in [-0.25, -0.2) is 4.79 Å². The van der Waals surface area contributed by atoms with Crippen molar-refractivity contribution in [3.05, 3.63) is 0 Å². The molecular weight excluding hydrogens is 230 g/mol. The molecule has 0 aromatic rings. The van der Waals surface area contributed by atoms with Gasteiger partial charge < -0.3 is 14.4 Å². The lowest BCUT2D eigenvalue weighted by Crippen LogP contribution is -2.47. The number of amides is 1. The van der Waals surface area contributed by atoms with Crippen molar-refractivity contribution in [3.63, 3.8) is 0 Å². The molecule has 0 spiro atoms. The fourth-order valence-electron chi connectivity index (χ4n) is 2.26. The summed E-state index contributed by atoms with van der Waals surface area (Å²) >= 11 is 0. The molecule has 1 saturated heterocycles. The van der Waals surface area contributed by atoms with Gasteiger partial charge in [-0.05, 0) is 39.5 Å². The van der Waals surface area contributed by atoms with Crippen molar-refractivity contribution in [1.29, 1.82) is 0 Å². The Balaban J connectivity index is 2.58. The summed E-state index contributed by atoms with van der Waals surface area (Å²) in [7, 11) is 0. The van der Waals surface area contributed by atoms with E-state index in [4.69, 9.17) is 4.74 Å². The Bertz CT molecular complexity index is 309. The van der Waals surface area contributed by atoms with Gasteiger partial charge in [0.1, 0.15) is 11.9 Å². The lowest BCUT2D eigenvalue weighted by Gasteiger charge is -2.41. The van der Waals surface area contributed by atoms with E-state index in [0.717, 1.165) is 19.1 Å². The van der Waals surface area contributed by atoms with E-state index in [1.165, 1.54) is 0 Å². The average Bonchev–Trinajstić information content (AvgIpc) is 2.26. The van der Waals surface area contributed by atoms with Gasteiger partial charge in [0.05, 0.1) is 0 Å². The topological polar surface area (TPSA) is 46.6 Å². The molecule has 0 aromatic heterocycles. The zero-order chi connectivity index (χ0) is 14.0. The van der Waals surface area contributed by atoms with Crippen LogP contribution in [0.1, 0.15) is 47.5 Å². The zero-order valence-electron chi connectivity index (χ0n) is 12.2. The van der Waals surface area contributed by atoms with Crippen molar-refractivity contribution < 1.29 is 14.3 Å². The highest BCUT2D eigenvalue weighted by atomic mass is 16.6. The lowest BCUT2D eigenvalue weighted by molar-refractivity contribution is -0.121. The first kappa shape index (κ1) is 15.0. The molecule has 0 unspecified atom stereocenters. The summed E-state index contributed by atoms with van der Waals surface area (Å²) in [6.07, 6.45) is 2.26. The van der Waals surface area contributed by atoms with Crippen LogP contribution in [0.4, 0.5) is 4.79 Å². The second-order valence-electron chi connectivity index (χ2n) is 6.47. The first-order valence-electron chi connectivity index (χ1n) is 6.64. The smallest absolute Gasteiger partial charge is 0.410 e. The largest absolute Gasteiger partial charge is 0.444 e. The third-order valence-corrected chi connectivity index (χ3v) is 3.73. The third-order valence-electron chi connectivity index (χ3n) is 3.73. The maximum Gasteiger partial charge on any atom is 0.410 e. The molecule has 1 heterocycles. The third kappa shape index (κ3) is 3.47. The Hall–Kier alpha value is -1.06. The SMILES string of the molecule is CC(C)C1(C=O)CCN(C(=O)OC(C)(C)C)CC1.